The number of piperidine rings is 1. The van der Waals surface area contributed by atoms with E-state index >= 15 is 0 Å². The second-order valence-corrected chi connectivity index (χ2v) is 10.0. The number of aromatic nitrogens is 4. The number of hydrogen-bond donors (Lipinski definition) is 0. The van der Waals surface area contributed by atoms with Crippen LogP contribution in [0.1, 0.15) is 50.2 Å². The molecule has 0 saturated carbocycles. The SMILES string of the molecule is Cc1nn(C(C)C)c(C)c1S(=O)(=O)N1CCC[C@H](n2cnc3ccccc3c2=O)C1. The molecular weight excluding hydrogens is 402 g/mol. The minimum Gasteiger partial charge on any atom is -0.294 e. The van der Waals surface area contributed by atoms with Crippen molar-refractivity contribution in [2.24, 2.45) is 0 Å². The highest BCUT2D eigenvalue weighted by atomic mass is 32.2. The summed E-state index contributed by atoms with van der Waals surface area (Å²) in [5.74, 6) is 0. The zero-order valence-electron chi connectivity index (χ0n) is 17.7. The van der Waals surface area contributed by atoms with Gasteiger partial charge in [0, 0.05) is 19.1 Å². The Kier molecular flexibility index (Phi) is 5.27. The van der Waals surface area contributed by atoms with E-state index in [1.165, 1.54) is 4.31 Å². The summed E-state index contributed by atoms with van der Waals surface area (Å²) in [6.07, 6.45) is 2.95. The highest BCUT2D eigenvalue weighted by Gasteiger charge is 2.35. The summed E-state index contributed by atoms with van der Waals surface area (Å²) in [6.45, 7) is 8.16. The van der Waals surface area contributed by atoms with Gasteiger partial charge in [0.05, 0.1) is 34.7 Å². The number of rotatable bonds is 4. The average molecular weight is 430 g/mol. The minimum absolute atomic E-state index is 0.0732. The first-order valence-corrected chi connectivity index (χ1v) is 11.7. The van der Waals surface area contributed by atoms with Gasteiger partial charge < -0.3 is 0 Å². The topological polar surface area (TPSA) is 90.1 Å². The van der Waals surface area contributed by atoms with Gasteiger partial charge in [0.25, 0.3) is 5.56 Å². The molecule has 3 aromatic rings. The highest BCUT2D eigenvalue weighted by molar-refractivity contribution is 7.89. The molecule has 1 aromatic carbocycles. The van der Waals surface area contributed by atoms with Crippen LogP contribution in [0.25, 0.3) is 10.9 Å². The summed E-state index contributed by atoms with van der Waals surface area (Å²) in [4.78, 5) is 17.7. The van der Waals surface area contributed by atoms with Crippen molar-refractivity contribution in [2.75, 3.05) is 13.1 Å². The molecule has 1 saturated heterocycles. The van der Waals surface area contributed by atoms with Crippen LogP contribution in [0.4, 0.5) is 0 Å². The quantitative estimate of drug-likeness (QED) is 0.636. The van der Waals surface area contributed by atoms with Crippen LogP contribution in [0.2, 0.25) is 0 Å². The molecule has 2 aromatic heterocycles. The number of fused-ring (bicyclic) bond motifs is 1. The molecule has 0 radical (unpaired) electrons. The Morgan fingerprint density at radius 1 is 1.17 bits per heavy atom. The molecule has 0 N–H and O–H groups in total. The molecule has 30 heavy (non-hydrogen) atoms. The smallest absolute Gasteiger partial charge is 0.261 e. The molecule has 8 nitrogen and oxygen atoms in total. The van der Waals surface area contributed by atoms with Crippen molar-refractivity contribution in [1.82, 2.24) is 23.6 Å². The van der Waals surface area contributed by atoms with Crippen molar-refractivity contribution in [3.8, 4) is 0 Å². The van der Waals surface area contributed by atoms with E-state index in [-0.39, 0.29) is 29.1 Å². The van der Waals surface area contributed by atoms with Gasteiger partial charge in [-0.1, -0.05) is 12.1 Å². The van der Waals surface area contributed by atoms with Crippen molar-refractivity contribution < 1.29 is 8.42 Å². The zero-order valence-corrected chi connectivity index (χ0v) is 18.6. The van der Waals surface area contributed by atoms with Gasteiger partial charge in [0.2, 0.25) is 10.0 Å². The number of nitrogens with zero attached hydrogens (tertiary/aromatic N) is 5. The van der Waals surface area contributed by atoms with Gasteiger partial charge in [0.15, 0.2) is 0 Å². The molecule has 0 aliphatic carbocycles. The lowest BCUT2D eigenvalue weighted by Gasteiger charge is -2.32. The maximum Gasteiger partial charge on any atom is 0.261 e. The van der Waals surface area contributed by atoms with Gasteiger partial charge in [-0.25, -0.2) is 13.4 Å². The lowest BCUT2D eigenvalue weighted by Crippen LogP contribution is -2.43. The van der Waals surface area contributed by atoms with Gasteiger partial charge in [-0.3, -0.25) is 14.0 Å². The number of sulfonamides is 1. The van der Waals surface area contributed by atoms with Crippen LogP contribution < -0.4 is 5.56 Å². The van der Waals surface area contributed by atoms with E-state index in [9.17, 15) is 13.2 Å². The molecule has 1 aliphatic rings. The van der Waals surface area contributed by atoms with Crippen LogP contribution in [0.3, 0.4) is 0 Å². The van der Waals surface area contributed by atoms with Crippen LogP contribution in [0.5, 0.6) is 0 Å². The number of benzene rings is 1. The summed E-state index contributed by atoms with van der Waals surface area (Å²) >= 11 is 0. The van der Waals surface area contributed by atoms with E-state index in [4.69, 9.17) is 0 Å². The minimum atomic E-state index is -3.72. The first-order valence-electron chi connectivity index (χ1n) is 10.2. The van der Waals surface area contributed by atoms with E-state index < -0.39 is 10.0 Å². The predicted molar refractivity (Wildman–Crippen MR) is 115 cm³/mol. The standard InChI is InChI=1S/C21H27N5O3S/c1-14(2)26-16(4)20(15(3)23-26)30(28,29)24-11-7-8-17(12-24)25-13-22-19-10-6-5-9-18(19)21(25)27/h5-6,9-10,13-14,17H,7-8,11-12H2,1-4H3/t17-/m0/s1. The van der Waals surface area contributed by atoms with Crippen LogP contribution in [0.15, 0.2) is 40.3 Å². The van der Waals surface area contributed by atoms with Gasteiger partial charge in [-0.15, -0.1) is 0 Å². The lowest BCUT2D eigenvalue weighted by molar-refractivity contribution is 0.262. The largest absolute Gasteiger partial charge is 0.294 e. The molecule has 1 aliphatic heterocycles. The van der Waals surface area contributed by atoms with Crippen LogP contribution >= 0.6 is 0 Å². The van der Waals surface area contributed by atoms with E-state index in [2.05, 4.69) is 10.1 Å². The first kappa shape index (κ1) is 20.7. The molecule has 0 unspecified atom stereocenters. The number of aryl methyl sites for hydroxylation is 1. The molecule has 160 valence electrons. The molecule has 0 bridgehead atoms. The van der Waals surface area contributed by atoms with Gasteiger partial charge in [0.1, 0.15) is 4.90 Å². The molecule has 0 spiro atoms. The van der Waals surface area contributed by atoms with E-state index in [0.29, 0.717) is 35.3 Å². The van der Waals surface area contributed by atoms with Gasteiger partial charge in [-0.2, -0.15) is 9.40 Å². The van der Waals surface area contributed by atoms with Gasteiger partial charge >= 0.3 is 0 Å². The third-order valence-corrected chi connectivity index (χ3v) is 7.91. The lowest BCUT2D eigenvalue weighted by atomic mass is 10.1. The summed E-state index contributed by atoms with van der Waals surface area (Å²) in [5.41, 5.74) is 1.67. The molecule has 3 heterocycles. The van der Waals surface area contributed by atoms with Crippen LogP contribution in [-0.4, -0.2) is 45.1 Å². The molecular formula is C21H27N5O3S. The molecule has 1 fully saturated rings. The van der Waals surface area contributed by atoms with Gasteiger partial charge in [-0.05, 0) is 52.7 Å². The Morgan fingerprint density at radius 2 is 1.90 bits per heavy atom. The van der Waals surface area contributed by atoms with Crippen molar-refractivity contribution in [3.63, 3.8) is 0 Å². The fraction of sp³-hybridized carbons (Fsp3) is 0.476. The van der Waals surface area contributed by atoms with Crippen LogP contribution in [0, 0.1) is 13.8 Å². The Labute approximate surface area is 176 Å². The Morgan fingerprint density at radius 3 is 2.60 bits per heavy atom. The molecule has 4 rings (SSSR count). The van der Waals surface area contributed by atoms with E-state index in [1.807, 2.05) is 26.0 Å². The van der Waals surface area contributed by atoms with E-state index in [1.54, 1.807) is 41.6 Å². The summed E-state index contributed by atoms with van der Waals surface area (Å²) in [7, 11) is -3.72. The molecule has 0 amide bonds. The third kappa shape index (κ3) is 3.35. The predicted octanol–water partition coefficient (Wildman–Crippen LogP) is 2.82. The second-order valence-electron chi connectivity index (χ2n) is 8.17. The average Bonchev–Trinajstić information content (AvgIpc) is 3.03. The Balaban J connectivity index is 1.70. The maximum absolute atomic E-state index is 13.5. The molecule has 1 atom stereocenters. The molecule has 9 heteroatoms. The number of para-hydroxylation sites is 1. The van der Waals surface area contributed by atoms with Crippen molar-refractivity contribution >= 4 is 20.9 Å². The zero-order chi connectivity index (χ0) is 21.6. The normalized spacial score (nSPS) is 18.4. The Bertz CT molecular complexity index is 1260. The van der Waals surface area contributed by atoms with E-state index in [0.717, 1.165) is 6.42 Å². The summed E-state index contributed by atoms with van der Waals surface area (Å²) < 4.78 is 31.8. The van der Waals surface area contributed by atoms with Crippen molar-refractivity contribution in [3.05, 3.63) is 52.3 Å². The van der Waals surface area contributed by atoms with Crippen LogP contribution in [-0.2, 0) is 10.0 Å². The summed E-state index contributed by atoms with van der Waals surface area (Å²) in [6, 6.07) is 7.03. The summed E-state index contributed by atoms with van der Waals surface area (Å²) in [5, 5.41) is 4.99. The highest BCUT2D eigenvalue weighted by Crippen LogP contribution is 2.30. The van der Waals surface area contributed by atoms with Crippen molar-refractivity contribution in [1.29, 1.82) is 0 Å². The Hall–Kier alpha value is -2.52. The first-order chi connectivity index (χ1) is 14.2. The maximum atomic E-state index is 13.5. The van der Waals surface area contributed by atoms with Crippen molar-refractivity contribution in [2.45, 2.75) is 57.5 Å². The third-order valence-electron chi connectivity index (χ3n) is 5.79. The second kappa shape index (κ2) is 7.63. The fourth-order valence-electron chi connectivity index (χ4n) is 4.36. The monoisotopic (exact) mass is 429 g/mol. The number of hydrogen-bond acceptors (Lipinski definition) is 5. The fourth-order valence-corrected chi connectivity index (χ4v) is 6.24.